The number of fused-ring (bicyclic) bond motifs is 8. The maximum Gasteiger partial charge on any atom is 0.258 e. The van der Waals surface area contributed by atoms with E-state index >= 15 is 0 Å². The molecule has 4 aliphatic heterocycles. The minimum absolute atomic E-state index is 0.0199. The van der Waals surface area contributed by atoms with E-state index in [1.165, 1.54) is 11.1 Å². The molecule has 0 spiro atoms. The summed E-state index contributed by atoms with van der Waals surface area (Å²) in [5.41, 5.74) is 10.9. The summed E-state index contributed by atoms with van der Waals surface area (Å²) >= 11 is 0. The van der Waals surface area contributed by atoms with Crippen molar-refractivity contribution in [2.24, 2.45) is 0 Å². The van der Waals surface area contributed by atoms with Crippen LogP contribution < -0.4 is 34.6 Å². The molecular weight excluding hydrogens is 905 g/mol. The standard InChI is InChI=1S/C56H62N4O7S2/c1-35-24-45-38(18-20-43-28-40-12-6-8-14-47(40)59(43)54(45)63)30-49(35)66-33-36-25-37(27-42(26-36)58-53(62)16-10-22-56(2,3)69-68-23-11-17-52(61)57-4)34-67-51-31-39-19-21-44-29-41-13-7-9-15-48(41)60(44)55(64)46(39)32-50(51)65-5/h6-9,12-15,24-27,30-32,43-44H,10-11,16-23,28-29,33-34H2,1-5H3,(H,57,61)(H,58,62)/t43-,44-/m1/s1. The van der Waals surface area contributed by atoms with E-state index in [9.17, 15) is 19.2 Å². The highest BCUT2D eigenvalue weighted by Gasteiger charge is 2.39. The highest BCUT2D eigenvalue weighted by atomic mass is 33.1. The molecule has 2 N–H and O–H groups in total. The van der Waals surface area contributed by atoms with Crippen LogP contribution in [0.25, 0.3) is 0 Å². The molecule has 0 bridgehead atoms. The Morgan fingerprint density at radius 2 is 1.26 bits per heavy atom. The Morgan fingerprint density at radius 3 is 1.87 bits per heavy atom. The molecule has 11 nitrogen and oxygen atoms in total. The molecule has 0 fully saturated rings. The molecule has 4 aliphatic rings. The molecule has 0 saturated carbocycles. The topological polar surface area (TPSA) is 127 Å². The lowest BCUT2D eigenvalue weighted by Gasteiger charge is -2.23. The van der Waals surface area contributed by atoms with Crippen molar-refractivity contribution in [2.45, 2.75) is 121 Å². The number of hydrogen-bond donors (Lipinski definition) is 2. The molecule has 2 atom stereocenters. The van der Waals surface area contributed by atoms with Crippen LogP contribution in [0.2, 0.25) is 0 Å². The Kier molecular flexibility index (Phi) is 14.6. The summed E-state index contributed by atoms with van der Waals surface area (Å²) in [7, 11) is 6.83. The number of amides is 4. The van der Waals surface area contributed by atoms with Crippen LogP contribution in [0.1, 0.15) is 118 Å². The number of rotatable bonds is 18. The predicted molar refractivity (Wildman–Crippen MR) is 277 cm³/mol. The summed E-state index contributed by atoms with van der Waals surface area (Å²) in [5, 5.41) is 5.84. The van der Waals surface area contributed by atoms with Crippen LogP contribution in [0.5, 0.6) is 17.2 Å². The summed E-state index contributed by atoms with van der Waals surface area (Å²) in [6.45, 7) is 6.78. The fraction of sp³-hybridized carbons (Fsp3) is 0.393. The lowest BCUT2D eigenvalue weighted by molar-refractivity contribution is -0.120. The summed E-state index contributed by atoms with van der Waals surface area (Å²) < 4.78 is 18.9. The van der Waals surface area contributed by atoms with Crippen LogP contribution in [0.3, 0.4) is 0 Å². The van der Waals surface area contributed by atoms with Gasteiger partial charge in [0.2, 0.25) is 11.8 Å². The zero-order valence-electron chi connectivity index (χ0n) is 40.3. The maximum absolute atomic E-state index is 14.1. The van der Waals surface area contributed by atoms with Gasteiger partial charge < -0.3 is 34.6 Å². The Hall–Kier alpha value is -5.92. The first-order chi connectivity index (χ1) is 33.4. The average molecular weight is 967 g/mol. The molecule has 13 heteroatoms. The van der Waals surface area contributed by atoms with Gasteiger partial charge in [-0.1, -0.05) is 58.0 Å². The van der Waals surface area contributed by atoms with Gasteiger partial charge in [0.1, 0.15) is 19.0 Å². The Bertz CT molecular complexity index is 2780. The molecule has 9 rings (SSSR count). The monoisotopic (exact) mass is 966 g/mol. The van der Waals surface area contributed by atoms with Gasteiger partial charge in [-0.25, -0.2) is 0 Å². The molecule has 360 valence electrons. The fourth-order valence-electron chi connectivity index (χ4n) is 10.3. The van der Waals surface area contributed by atoms with Gasteiger partial charge in [-0.3, -0.25) is 19.2 Å². The Labute approximate surface area is 413 Å². The minimum Gasteiger partial charge on any atom is -0.493 e. The number of benzene rings is 5. The van der Waals surface area contributed by atoms with Crippen molar-refractivity contribution in [3.05, 3.63) is 141 Å². The second-order valence-corrected chi connectivity index (χ2v) is 22.4. The summed E-state index contributed by atoms with van der Waals surface area (Å²) in [5.74, 6) is 2.64. The van der Waals surface area contributed by atoms with E-state index in [0.29, 0.717) is 35.6 Å². The van der Waals surface area contributed by atoms with E-state index in [1.807, 2.05) is 100 Å². The number of anilines is 3. The van der Waals surface area contributed by atoms with Crippen molar-refractivity contribution >= 4 is 62.3 Å². The lowest BCUT2D eigenvalue weighted by Crippen LogP contribution is -2.36. The van der Waals surface area contributed by atoms with Crippen molar-refractivity contribution in [3.63, 3.8) is 0 Å². The van der Waals surface area contributed by atoms with Gasteiger partial charge in [-0.15, -0.1) is 0 Å². The zero-order chi connectivity index (χ0) is 48.2. The van der Waals surface area contributed by atoms with Crippen molar-refractivity contribution in [3.8, 4) is 17.2 Å². The molecule has 4 heterocycles. The van der Waals surface area contributed by atoms with Gasteiger partial charge in [0.05, 0.1) is 7.11 Å². The van der Waals surface area contributed by atoms with Crippen LogP contribution in [0.4, 0.5) is 17.1 Å². The summed E-state index contributed by atoms with van der Waals surface area (Å²) in [4.78, 5) is 57.3. The molecule has 0 aliphatic carbocycles. The number of aryl methyl sites for hydroxylation is 3. The van der Waals surface area contributed by atoms with Gasteiger partial charge in [0, 0.05) is 70.7 Å². The summed E-state index contributed by atoms with van der Waals surface area (Å²) in [6.07, 6.45) is 8.22. The molecule has 5 aromatic carbocycles. The van der Waals surface area contributed by atoms with Gasteiger partial charge >= 0.3 is 0 Å². The van der Waals surface area contributed by atoms with E-state index in [4.69, 9.17) is 14.2 Å². The predicted octanol–water partition coefficient (Wildman–Crippen LogP) is 11.0. The van der Waals surface area contributed by atoms with Crippen LogP contribution in [-0.2, 0) is 48.5 Å². The first-order valence-electron chi connectivity index (χ1n) is 24.2. The molecule has 0 radical (unpaired) electrons. The number of carbonyl (C=O) groups is 4. The van der Waals surface area contributed by atoms with E-state index in [0.717, 1.165) is 114 Å². The number of nitrogens with zero attached hydrogens (tertiary/aromatic N) is 2. The molecule has 5 aromatic rings. The van der Waals surface area contributed by atoms with E-state index in [-0.39, 0.29) is 53.7 Å². The Balaban J connectivity index is 0.908. The average Bonchev–Trinajstić information content (AvgIpc) is 3.83. The van der Waals surface area contributed by atoms with Crippen molar-refractivity contribution < 1.29 is 33.4 Å². The smallest absolute Gasteiger partial charge is 0.258 e. The van der Waals surface area contributed by atoms with Gasteiger partial charge in [0.25, 0.3) is 11.8 Å². The second kappa shape index (κ2) is 21.0. The molecular formula is C56H62N4O7S2. The van der Waals surface area contributed by atoms with Crippen molar-refractivity contribution in [1.29, 1.82) is 0 Å². The van der Waals surface area contributed by atoms with Crippen LogP contribution in [0.15, 0.2) is 91.0 Å². The van der Waals surface area contributed by atoms with Crippen LogP contribution in [0, 0.1) is 6.92 Å². The number of ether oxygens (including phenoxy) is 3. The third-order valence-corrected chi connectivity index (χ3v) is 17.3. The second-order valence-electron chi connectivity index (χ2n) is 19.3. The molecule has 0 saturated heterocycles. The number of hydrogen-bond acceptors (Lipinski definition) is 9. The SMILES string of the molecule is CNC(=O)CCCSSC(C)(C)CCCC(=O)Nc1cc(COc2cc3c(cc2C)C(=O)N2c4ccccc4C[C@H]2CC3)cc(COc2cc3c(cc2OC)C(=O)N2c4ccccc4C[C@H]2CC3)c1. The molecule has 0 aromatic heterocycles. The highest BCUT2D eigenvalue weighted by Crippen LogP contribution is 2.43. The maximum atomic E-state index is 14.1. The number of para-hydroxylation sites is 2. The molecule has 4 amide bonds. The van der Waals surface area contributed by atoms with Crippen molar-refractivity contribution in [1.82, 2.24) is 5.32 Å². The zero-order valence-corrected chi connectivity index (χ0v) is 41.9. The molecule has 0 unspecified atom stereocenters. The highest BCUT2D eigenvalue weighted by molar-refractivity contribution is 8.77. The van der Waals surface area contributed by atoms with Gasteiger partial charge in [0.15, 0.2) is 11.5 Å². The number of methoxy groups -OCH3 is 1. The van der Waals surface area contributed by atoms with E-state index in [1.54, 1.807) is 25.0 Å². The quantitative estimate of drug-likeness (QED) is 0.0652. The van der Waals surface area contributed by atoms with Crippen LogP contribution >= 0.6 is 21.6 Å². The molecule has 69 heavy (non-hydrogen) atoms. The fourth-order valence-corrected chi connectivity index (χ4v) is 13.0. The Morgan fingerprint density at radius 1 is 0.696 bits per heavy atom. The third kappa shape index (κ3) is 10.8. The third-order valence-electron chi connectivity index (χ3n) is 13.8. The minimum atomic E-state index is -0.0754. The van der Waals surface area contributed by atoms with Gasteiger partial charge in [-0.05, 0) is 172 Å². The largest absolute Gasteiger partial charge is 0.493 e. The number of nitrogens with one attached hydrogen (secondary N) is 2. The first-order valence-corrected chi connectivity index (χ1v) is 26.6. The number of carbonyl (C=O) groups excluding carboxylic acids is 4. The first kappa shape index (κ1) is 48.1. The van der Waals surface area contributed by atoms with Gasteiger partial charge in [-0.2, -0.15) is 0 Å². The van der Waals surface area contributed by atoms with E-state index in [2.05, 4.69) is 42.7 Å². The lowest BCUT2D eigenvalue weighted by atomic mass is 9.98. The van der Waals surface area contributed by atoms with Crippen molar-refractivity contribution in [2.75, 3.05) is 35.0 Å². The summed E-state index contributed by atoms with van der Waals surface area (Å²) in [6, 6.07) is 30.3. The van der Waals surface area contributed by atoms with Crippen LogP contribution in [-0.4, -0.2) is 60.4 Å². The normalized spacial score (nSPS) is 16.8. The van der Waals surface area contributed by atoms with E-state index < -0.39 is 0 Å².